The van der Waals surface area contributed by atoms with Crippen molar-refractivity contribution in [3.8, 4) is 0 Å². The van der Waals surface area contributed by atoms with Crippen LogP contribution in [0.3, 0.4) is 0 Å². The molecule has 0 aromatic heterocycles. The molecule has 0 amide bonds. The van der Waals surface area contributed by atoms with Crippen LogP contribution >= 0.6 is 11.8 Å². The Balaban J connectivity index is 3.76. The molecule has 0 aliphatic carbocycles. The van der Waals surface area contributed by atoms with Gasteiger partial charge in [-0.2, -0.15) is 11.8 Å². The van der Waals surface area contributed by atoms with Crippen molar-refractivity contribution in [3.63, 3.8) is 0 Å². The number of hydrogen-bond acceptors (Lipinski definition) is 3. The van der Waals surface area contributed by atoms with Crippen molar-refractivity contribution in [1.82, 2.24) is 5.32 Å². The van der Waals surface area contributed by atoms with Crippen LogP contribution in [0, 0.1) is 0 Å². The molecule has 84 valence electrons. The van der Waals surface area contributed by atoms with Gasteiger partial charge in [0, 0.05) is 18.4 Å². The lowest BCUT2D eigenvalue weighted by atomic mass is 10.4. The number of ether oxygens (including phenoxy) is 1. The van der Waals surface area contributed by atoms with E-state index in [4.69, 9.17) is 10.5 Å². The molecule has 0 spiro atoms. The lowest BCUT2D eigenvalue weighted by Crippen LogP contribution is -2.41. The summed E-state index contributed by atoms with van der Waals surface area (Å²) in [5.74, 6) is 0.496. The fraction of sp³-hybridized carbons (Fsp3) is 0.889. The standard InChI is InChI=1S/C9H21N3OS/c1-7(6-13-3)12-9(10)11-5-8(2)14-4/h7-8H,5-6H2,1-4H3,(H3,10,11,12). The molecule has 0 aromatic rings. The van der Waals surface area contributed by atoms with Crippen molar-refractivity contribution in [2.24, 2.45) is 10.7 Å². The van der Waals surface area contributed by atoms with Crippen LogP contribution in [0.2, 0.25) is 0 Å². The minimum Gasteiger partial charge on any atom is -0.383 e. The molecule has 0 heterocycles. The third-order valence-corrected chi connectivity index (χ3v) is 2.69. The van der Waals surface area contributed by atoms with Crippen molar-refractivity contribution < 1.29 is 4.74 Å². The number of thioether (sulfide) groups is 1. The summed E-state index contributed by atoms with van der Waals surface area (Å²) in [6, 6.07) is 0.202. The van der Waals surface area contributed by atoms with Gasteiger partial charge in [0.15, 0.2) is 5.96 Å². The summed E-state index contributed by atoms with van der Waals surface area (Å²) in [7, 11) is 1.67. The van der Waals surface area contributed by atoms with Crippen LogP contribution in [0.25, 0.3) is 0 Å². The lowest BCUT2D eigenvalue weighted by molar-refractivity contribution is 0.179. The summed E-state index contributed by atoms with van der Waals surface area (Å²) in [4.78, 5) is 4.22. The van der Waals surface area contributed by atoms with Crippen LogP contribution in [0.4, 0.5) is 0 Å². The van der Waals surface area contributed by atoms with Gasteiger partial charge in [0.2, 0.25) is 0 Å². The van der Waals surface area contributed by atoms with Crippen LogP contribution in [0.15, 0.2) is 4.99 Å². The van der Waals surface area contributed by atoms with Gasteiger partial charge in [-0.3, -0.25) is 4.99 Å². The second kappa shape index (κ2) is 7.94. The Morgan fingerprint density at radius 1 is 1.57 bits per heavy atom. The zero-order valence-corrected chi connectivity index (χ0v) is 10.2. The van der Waals surface area contributed by atoms with E-state index in [-0.39, 0.29) is 6.04 Å². The SMILES string of the molecule is COCC(C)NC(N)=NCC(C)SC. The number of guanidine groups is 1. The van der Waals surface area contributed by atoms with E-state index in [0.717, 1.165) is 6.54 Å². The van der Waals surface area contributed by atoms with Crippen LogP contribution in [-0.2, 0) is 4.74 Å². The molecule has 0 aromatic carbocycles. The smallest absolute Gasteiger partial charge is 0.188 e. The van der Waals surface area contributed by atoms with Crippen molar-refractivity contribution in [3.05, 3.63) is 0 Å². The van der Waals surface area contributed by atoms with Gasteiger partial charge < -0.3 is 15.8 Å². The molecular weight excluding hydrogens is 198 g/mol. The van der Waals surface area contributed by atoms with Gasteiger partial charge in [-0.1, -0.05) is 6.92 Å². The van der Waals surface area contributed by atoms with Gasteiger partial charge in [0.1, 0.15) is 0 Å². The van der Waals surface area contributed by atoms with E-state index in [0.29, 0.717) is 17.8 Å². The van der Waals surface area contributed by atoms with Gasteiger partial charge in [0.05, 0.1) is 13.2 Å². The fourth-order valence-corrected chi connectivity index (χ4v) is 1.11. The summed E-state index contributed by atoms with van der Waals surface area (Å²) in [5.41, 5.74) is 5.68. The molecule has 4 nitrogen and oxygen atoms in total. The van der Waals surface area contributed by atoms with Gasteiger partial charge >= 0.3 is 0 Å². The first-order valence-corrected chi connectivity index (χ1v) is 5.97. The van der Waals surface area contributed by atoms with Gasteiger partial charge in [-0.15, -0.1) is 0 Å². The van der Waals surface area contributed by atoms with E-state index in [1.54, 1.807) is 18.9 Å². The van der Waals surface area contributed by atoms with Crippen LogP contribution < -0.4 is 11.1 Å². The molecule has 0 saturated carbocycles. The average Bonchev–Trinajstić information content (AvgIpc) is 2.14. The number of nitrogens with two attached hydrogens (primary N) is 1. The molecule has 14 heavy (non-hydrogen) atoms. The highest BCUT2D eigenvalue weighted by Gasteiger charge is 2.02. The molecule has 0 rings (SSSR count). The first kappa shape index (κ1) is 13.6. The predicted octanol–water partition coefficient (Wildman–Crippen LogP) is 0.677. The summed E-state index contributed by atoms with van der Waals surface area (Å²) in [5, 5.41) is 3.56. The van der Waals surface area contributed by atoms with Gasteiger partial charge in [0.25, 0.3) is 0 Å². The van der Waals surface area contributed by atoms with Crippen LogP contribution in [-0.4, -0.2) is 43.8 Å². The number of nitrogens with one attached hydrogen (secondary N) is 1. The maximum absolute atomic E-state index is 5.68. The van der Waals surface area contributed by atoms with Crippen molar-refractivity contribution in [2.45, 2.75) is 25.1 Å². The molecule has 0 fully saturated rings. The Labute approximate surface area is 90.7 Å². The molecular formula is C9H21N3OS. The van der Waals surface area contributed by atoms with Crippen LogP contribution in [0.1, 0.15) is 13.8 Å². The Kier molecular flexibility index (Phi) is 7.70. The van der Waals surface area contributed by atoms with E-state index >= 15 is 0 Å². The Bertz CT molecular complexity index is 175. The molecule has 3 N–H and O–H groups in total. The monoisotopic (exact) mass is 219 g/mol. The maximum atomic E-state index is 5.68. The van der Waals surface area contributed by atoms with Gasteiger partial charge in [-0.05, 0) is 13.2 Å². The first-order chi connectivity index (χ1) is 6.60. The second-order valence-corrected chi connectivity index (χ2v) is 4.55. The minimum absolute atomic E-state index is 0.202. The van der Waals surface area contributed by atoms with E-state index in [9.17, 15) is 0 Å². The molecule has 0 saturated heterocycles. The zero-order valence-electron chi connectivity index (χ0n) is 9.41. The molecule has 0 bridgehead atoms. The second-order valence-electron chi connectivity index (χ2n) is 3.27. The van der Waals surface area contributed by atoms with E-state index in [1.807, 2.05) is 6.92 Å². The highest BCUT2D eigenvalue weighted by Crippen LogP contribution is 2.04. The summed E-state index contributed by atoms with van der Waals surface area (Å²) >= 11 is 1.78. The average molecular weight is 219 g/mol. The maximum Gasteiger partial charge on any atom is 0.188 e. The number of nitrogens with zero attached hydrogens (tertiary/aromatic N) is 1. The van der Waals surface area contributed by atoms with Crippen molar-refractivity contribution in [1.29, 1.82) is 0 Å². The molecule has 0 radical (unpaired) electrons. The number of aliphatic imine (C=N–C) groups is 1. The van der Waals surface area contributed by atoms with Crippen LogP contribution in [0.5, 0.6) is 0 Å². The lowest BCUT2D eigenvalue weighted by Gasteiger charge is -2.13. The summed E-state index contributed by atoms with van der Waals surface area (Å²) in [6.45, 7) is 5.51. The topological polar surface area (TPSA) is 59.6 Å². The number of methoxy groups -OCH3 is 1. The minimum atomic E-state index is 0.202. The van der Waals surface area contributed by atoms with Crippen molar-refractivity contribution >= 4 is 17.7 Å². The Hall–Kier alpha value is -0.420. The number of hydrogen-bond donors (Lipinski definition) is 2. The quantitative estimate of drug-likeness (QED) is 0.509. The molecule has 0 aliphatic heterocycles. The van der Waals surface area contributed by atoms with E-state index in [2.05, 4.69) is 23.5 Å². The molecule has 5 heteroatoms. The normalized spacial score (nSPS) is 16.4. The fourth-order valence-electron chi connectivity index (χ4n) is 0.891. The zero-order chi connectivity index (χ0) is 11.0. The largest absolute Gasteiger partial charge is 0.383 e. The first-order valence-electron chi connectivity index (χ1n) is 4.68. The highest BCUT2D eigenvalue weighted by atomic mass is 32.2. The highest BCUT2D eigenvalue weighted by molar-refractivity contribution is 7.99. The third kappa shape index (κ3) is 7.03. The van der Waals surface area contributed by atoms with E-state index < -0.39 is 0 Å². The molecule has 0 aliphatic rings. The Morgan fingerprint density at radius 3 is 2.71 bits per heavy atom. The van der Waals surface area contributed by atoms with Gasteiger partial charge in [-0.25, -0.2) is 0 Å². The summed E-state index contributed by atoms with van der Waals surface area (Å²) in [6.07, 6.45) is 2.07. The van der Waals surface area contributed by atoms with Crippen molar-refractivity contribution in [2.75, 3.05) is 26.5 Å². The predicted molar refractivity (Wildman–Crippen MR) is 63.9 cm³/mol. The molecule has 2 atom stereocenters. The van der Waals surface area contributed by atoms with E-state index in [1.165, 1.54) is 0 Å². The Morgan fingerprint density at radius 2 is 2.21 bits per heavy atom. The summed E-state index contributed by atoms with van der Waals surface area (Å²) < 4.78 is 4.97. The third-order valence-electron chi connectivity index (χ3n) is 1.73. The number of rotatable bonds is 6. The molecule has 2 unspecified atom stereocenters.